The van der Waals surface area contributed by atoms with Gasteiger partial charge in [0.2, 0.25) is 0 Å². The molecular weight excluding hydrogens is 442 g/mol. The van der Waals surface area contributed by atoms with Crippen molar-refractivity contribution in [1.29, 1.82) is 0 Å². The number of ether oxygens (including phenoxy) is 2. The van der Waals surface area contributed by atoms with Gasteiger partial charge in [-0.2, -0.15) is 0 Å². The highest BCUT2D eigenvalue weighted by Gasteiger charge is 2.29. The van der Waals surface area contributed by atoms with E-state index in [1.165, 1.54) is 18.4 Å². The van der Waals surface area contributed by atoms with Crippen LogP contribution in [-0.4, -0.2) is 41.0 Å². The Morgan fingerprint density at radius 2 is 1.94 bits per heavy atom. The molecule has 1 aliphatic carbocycles. The van der Waals surface area contributed by atoms with Gasteiger partial charge >= 0.3 is 11.9 Å². The van der Waals surface area contributed by atoms with E-state index in [4.69, 9.17) is 9.47 Å². The number of esters is 2. The highest BCUT2D eigenvalue weighted by Crippen LogP contribution is 2.37. The number of H-pyrrole nitrogens is 1. The fourth-order valence-electron chi connectivity index (χ4n) is 4.10. The van der Waals surface area contributed by atoms with Gasteiger partial charge in [-0.25, -0.2) is 14.6 Å². The molecule has 1 amide bonds. The molecule has 33 heavy (non-hydrogen) atoms. The Morgan fingerprint density at radius 3 is 2.70 bits per heavy atom. The summed E-state index contributed by atoms with van der Waals surface area (Å²) >= 11 is 1.42. The lowest BCUT2D eigenvalue weighted by Gasteiger charge is -2.16. The maximum absolute atomic E-state index is 13.0. The van der Waals surface area contributed by atoms with Gasteiger partial charge in [0.25, 0.3) is 5.91 Å². The summed E-state index contributed by atoms with van der Waals surface area (Å²) in [6.45, 7) is 1.77. The van der Waals surface area contributed by atoms with Crippen LogP contribution in [0, 0.1) is 0 Å². The Morgan fingerprint density at radius 1 is 1.15 bits per heavy atom. The first-order valence-electron chi connectivity index (χ1n) is 11.2. The summed E-state index contributed by atoms with van der Waals surface area (Å²) < 4.78 is 10.5. The van der Waals surface area contributed by atoms with Crippen LogP contribution in [0.25, 0.3) is 11.0 Å². The number of fused-ring (bicyclic) bond motifs is 2. The zero-order valence-electron chi connectivity index (χ0n) is 18.7. The number of benzene rings is 1. The second kappa shape index (κ2) is 10.2. The number of aromatic nitrogens is 2. The number of aromatic amines is 1. The largest absolute Gasteiger partial charge is 0.465 e. The van der Waals surface area contributed by atoms with E-state index in [0.717, 1.165) is 54.5 Å². The van der Waals surface area contributed by atoms with Gasteiger partial charge in [-0.15, -0.1) is 11.3 Å². The molecule has 1 atom stereocenters. The van der Waals surface area contributed by atoms with Gasteiger partial charge in [0.1, 0.15) is 5.00 Å². The fourth-order valence-corrected chi connectivity index (χ4v) is 5.38. The van der Waals surface area contributed by atoms with Crippen molar-refractivity contribution in [2.24, 2.45) is 0 Å². The average molecular weight is 470 g/mol. The van der Waals surface area contributed by atoms with Crippen LogP contribution in [0.4, 0.5) is 5.00 Å². The summed E-state index contributed by atoms with van der Waals surface area (Å²) in [5.41, 5.74) is 3.17. The normalized spacial score (nSPS) is 14.6. The molecule has 4 rings (SSSR count). The van der Waals surface area contributed by atoms with Crippen LogP contribution in [0.1, 0.15) is 70.2 Å². The molecule has 0 saturated carbocycles. The number of methoxy groups -OCH3 is 1. The Kier molecular flexibility index (Phi) is 7.08. The first kappa shape index (κ1) is 23.0. The van der Waals surface area contributed by atoms with E-state index < -0.39 is 23.9 Å². The maximum Gasteiger partial charge on any atom is 0.341 e. The number of nitrogens with one attached hydrogen (secondary N) is 2. The molecule has 0 fully saturated rings. The number of aryl methyl sites for hydroxylation is 1. The number of carbonyl (C=O) groups is 3. The predicted molar refractivity (Wildman–Crippen MR) is 126 cm³/mol. The third-order valence-electron chi connectivity index (χ3n) is 5.87. The van der Waals surface area contributed by atoms with Crippen LogP contribution >= 0.6 is 11.3 Å². The molecule has 0 saturated heterocycles. The van der Waals surface area contributed by atoms with Crippen LogP contribution in [0.3, 0.4) is 0 Å². The molecule has 2 aromatic heterocycles. The molecule has 9 heteroatoms. The zero-order chi connectivity index (χ0) is 23.4. The second-order valence-electron chi connectivity index (χ2n) is 8.04. The SMILES string of the molecule is CCC(OC(=O)c1ccc2nc[nH]c2c1)C(=O)Nc1sc2c(c1C(=O)OC)CCCCCC2. The molecule has 1 aliphatic rings. The standard InChI is InChI=1S/C24H27N3O5S/c1-3-18(32-23(29)14-10-11-16-17(12-14)26-13-25-16)21(28)27-22-20(24(30)31-2)15-8-6-4-5-7-9-19(15)33-22/h10-13,18H,3-9H2,1-2H3,(H,25,26)(H,27,28). The number of thiophene rings is 1. The molecule has 0 spiro atoms. The highest BCUT2D eigenvalue weighted by molar-refractivity contribution is 7.17. The van der Waals surface area contributed by atoms with Crippen molar-refractivity contribution in [1.82, 2.24) is 9.97 Å². The molecule has 1 unspecified atom stereocenters. The van der Waals surface area contributed by atoms with Crippen LogP contribution in [0.15, 0.2) is 24.5 Å². The Bertz CT molecular complexity index is 1180. The predicted octanol–water partition coefficient (Wildman–Crippen LogP) is 4.64. The van der Waals surface area contributed by atoms with Crippen LogP contribution < -0.4 is 5.32 Å². The molecule has 0 radical (unpaired) electrons. The third-order valence-corrected chi connectivity index (χ3v) is 7.07. The van der Waals surface area contributed by atoms with E-state index in [9.17, 15) is 14.4 Å². The maximum atomic E-state index is 13.0. The average Bonchev–Trinajstić information content (AvgIpc) is 3.40. The topological polar surface area (TPSA) is 110 Å². The number of imidazole rings is 1. The van der Waals surface area contributed by atoms with Crippen molar-refractivity contribution >= 4 is 45.2 Å². The molecule has 0 aliphatic heterocycles. The Balaban J connectivity index is 1.53. The van der Waals surface area contributed by atoms with Gasteiger partial charge in [-0.1, -0.05) is 19.8 Å². The summed E-state index contributed by atoms with van der Waals surface area (Å²) in [7, 11) is 1.34. The van der Waals surface area contributed by atoms with Gasteiger partial charge in [0.15, 0.2) is 6.10 Å². The van der Waals surface area contributed by atoms with Crippen molar-refractivity contribution in [3.63, 3.8) is 0 Å². The molecule has 3 aromatic rings. The van der Waals surface area contributed by atoms with E-state index in [0.29, 0.717) is 28.1 Å². The van der Waals surface area contributed by atoms with Crippen molar-refractivity contribution in [2.75, 3.05) is 12.4 Å². The number of hydrogen-bond donors (Lipinski definition) is 2. The molecular formula is C24H27N3O5S. The van der Waals surface area contributed by atoms with Crippen LogP contribution in [0.2, 0.25) is 0 Å². The first-order chi connectivity index (χ1) is 16.0. The molecule has 8 nitrogen and oxygen atoms in total. The summed E-state index contributed by atoms with van der Waals surface area (Å²) in [4.78, 5) is 46.5. The molecule has 2 N–H and O–H groups in total. The number of rotatable bonds is 6. The molecule has 1 aromatic carbocycles. The Hall–Kier alpha value is -3.20. The van der Waals surface area contributed by atoms with Gasteiger partial charge in [0, 0.05) is 4.88 Å². The van der Waals surface area contributed by atoms with Crippen molar-refractivity contribution < 1.29 is 23.9 Å². The smallest absolute Gasteiger partial charge is 0.341 e. The fraction of sp³-hybridized carbons (Fsp3) is 0.417. The number of nitrogens with zero attached hydrogens (tertiary/aromatic N) is 1. The quantitative estimate of drug-likeness (QED) is 0.509. The van der Waals surface area contributed by atoms with E-state index in [-0.39, 0.29) is 0 Å². The number of carbonyl (C=O) groups excluding carboxylic acids is 3. The zero-order valence-corrected chi connectivity index (χ0v) is 19.5. The van der Waals surface area contributed by atoms with Crippen molar-refractivity contribution in [3.05, 3.63) is 46.1 Å². The molecule has 2 heterocycles. The molecule has 0 bridgehead atoms. The van der Waals surface area contributed by atoms with E-state index >= 15 is 0 Å². The summed E-state index contributed by atoms with van der Waals surface area (Å²) in [6, 6.07) is 4.97. The lowest BCUT2D eigenvalue weighted by atomic mass is 9.96. The van der Waals surface area contributed by atoms with E-state index in [1.54, 1.807) is 31.5 Å². The first-order valence-corrected chi connectivity index (χ1v) is 12.0. The van der Waals surface area contributed by atoms with Crippen molar-refractivity contribution in [2.45, 2.75) is 58.0 Å². The highest BCUT2D eigenvalue weighted by atomic mass is 32.1. The third kappa shape index (κ3) is 4.93. The van der Waals surface area contributed by atoms with Crippen molar-refractivity contribution in [3.8, 4) is 0 Å². The summed E-state index contributed by atoms with van der Waals surface area (Å²) in [5.74, 6) is -1.52. The summed E-state index contributed by atoms with van der Waals surface area (Å²) in [6.07, 6.45) is 6.84. The minimum atomic E-state index is -0.995. The lowest BCUT2D eigenvalue weighted by Crippen LogP contribution is -2.32. The number of hydrogen-bond acceptors (Lipinski definition) is 7. The van der Waals surface area contributed by atoms with Gasteiger partial charge in [0.05, 0.1) is 35.6 Å². The molecule has 174 valence electrons. The monoisotopic (exact) mass is 469 g/mol. The Labute approximate surface area is 195 Å². The van der Waals surface area contributed by atoms with Gasteiger partial charge in [-0.3, -0.25) is 4.79 Å². The summed E-state index contributed by atoms with van der Waals surface area (Å²) in [5, 5.41) is 3.31. The van der Waals surface area contributed by atoms with E-state index in [1.807, 2.05) is 0 Å². The number of anilines is 1. The van der Waals surface area contributed by atoms with Crippen LogP contribution in [0.5, 0.6) is 0 Å². The van der Waals surface area contributed by atoms with Gasteiger partial charge in [-0.05, 0) is 55.9 Å². The lowest BCUT2D eigenvalue weighted by molar-refractivity contribution is -0.124. The minimum absolute atomic E-state index is 0.294. The van der Waals surface area contributed by atoms with Gasteiger partial charge < -0.3 is 19.8 Å². The second-order valence-corrected chi connectivity index (χ2v) is 9.14. The number of amides is 1. The minimum Gasteiger partial charge on any atom is -0.465 e. The van der Waals surface area contributed by atoms with Crippen LogP contribution in [-0.2, 0) is 27.1 Å². The van der Waals surface area contributed by atoms with E-state index in [2.05, 4.69) is 15.3 Å².